The zero-order chi connectivity index (χ0) is 21.1. The van der Waals surface area contributed by atoms with Gasteiger partial charge in [0.15, 0.2) is 0 Å². The highest BCUT2D eigenvalue weighted by Crippen LogP contribution is 2.33. The van der Waals surface area contributed by atoms with E-state index in [2.05, 4.69) is 19.9 Å². The molecule has 1 amide bonds. The lowest BCUT2D eigenvalue weighted by Crippen LogP contribution is -2.24. The van der Waals surface area contributed by atoms with Crippen LogP contribution < -0.4 is 4.90 Å². The number of ether oxygens (including phenoxy) is 2. The Kier molecular flexibility index (Phi) is 5.42. The molecule has 154 valence electrons. The van der Waals surface area contributed by atoms with E-state index in [1.807, 2.05) is 12.1 Å². The highest BCUT2D eigenvalue weighted by Gasteiger charge is 2.33. The van der Waals surface area contributed by atoms with Gasteiger partial charge in [-0.2, -0.15) is 5.10 Å². The Balaban J connectivity index is 1.54. The van der Waals surface area contributed by atoms with Crippen LogP contribution in [0.25, 0.3) is 22.5 Å². The molecule has 0 radical (unpaired) electrons. The molecule has 0 saturated carbocycles. The second-order valence-corrected chi connectivity index (χ2v) is 6.77. The first-order chi connectivity index (χ1) is 14.6. The number of amides is 1. The van der Waals surface area contributed by atoms with Gasteiger partial charge in [-0.05, 0) is 36.8 Å². The largest absolute Gasteiger partial charge is 0.469 e. The van der Waals surface area contributed by atoms with Gasteiger partial charge >= 0.3 is 12.1 Å². The van der Waals surface area contributed by atoms with Crippen LogP contribution in [0.1, 0.15) is 12.8 Å². The van der Waals surface area contributed by atoms with E-state index in [9.17, 15) is 14.0 Å². The zero-order valence-corrected chi connectivity index (χ0v) is 16.2. The molecular formula is C21H19FN4O4. The molecule has 1 aliphatic heterocycles. The number of hydrogen-bond acceptors (Lipinski definition) is 6. The fraction of sp³-hybridized carbons (Fsp3) is 0.238. The minimum atomic E-state index is -0.576. The van der Waals surface area contributed by atoms with E-state index in [1.54, 1.807) is 30.6 Å². The number of esters is 1. The maximum Gasteiger partial charge on any atom is 0.414 e. The fourth-order valence-corrected chi connectivity index (χ4v) is 3.35. The van der Waals surface area contributed by atoms with Crippen molar-refractivity contribution in [3.63, 3.8) is 0 Å². The summed E-state index contributed by atoms with van der Waals surface area (Å²) >= 11 is 0. The summed E-state index contributed by atoms with van der Waals surface area (Å²) in [6.45, 7) is 0.234. The predicted molar refractivity (Wildman–Crippen MR) is 106 cm³/mol. The third-order valence-electron chi connectivity index (χ3n) is 4.89. The maximum absolute atomic E-state index is 15.0. The molecule has 0 aliphatic carbocycles. The number of hydrogen-bond donors (Lipinski definition) is 1. The van der Waals surface area contributed by atoms with Crippen molar-refractivity contribution in [2.45, 2.75) is 18.9 Å². The lowest BCUT2D eigenvalue weighted by Gasteiger charge is -2.14. The maximum atomic E-state index is 15.0. The van der Waals surface area contributed by atoms with Gasteiger partial charge in [0.25, 0.3) is 0 Å². The Labute approximate surface area is 171 Å². The Morgan fingerprint density at radius 3 is 2.93 bits per heavy atom. The van der Waals surface area contributed by atoms with E-state index in [0.717, 1.165) is 0 Å². The highest BCUT2D eigenvalue weighted by atomic mass is 19.1. The van der Waals surface area contributed by atoms with Gasteiger partial charge in [-0.3, -0.25) is 19.8 Å². The van der Waals surface area contributed by atoms with Gasteiger partial charge in [-0.15, -0.1) is 0 Å². The van der Waals surface area contributed by atoms with Crippen LogP contribution >= 0.6 is 0 Å². The fourth-order valence-electron chi connectivity index (χ4n) is 3.35. The number of anilines is 1. The molecule has 1 N–H and O–H groups in total. The van der Waals surface area contributed by atoms with Crippen LogP contribution in [0.4, 0.5) is 14.9 Å². The van der Waals surface area contributed by atoms with Crippen LogP contribution in [0, 0.1) is 5.82 Å². The van der Waals surface area contributed by atoms with Crippen molar-refractivity contribution in [3.05, 3.63) is 54.6 Å². The number of benzene rings is 1. The topological polar surface area (TPSA) is 97.4 Å². The van der Waals surface area contributed by atoms with E-state index in [4.69, 9.17) is 4.74 Å². The number of nitrogens with zero attached hydrogens (tertiary/aromatic N) is 3. The molecule has 0 bridgehead atoms. The van der Waals surface area contributed by atoms with Gasteiger partial charge in [0.05, 0.1) is 36.9 Å². The van der Waals surface area contributed by atoms with Crippen molar-refractivity contribution in [2.75, 3.05) is 18.6 Å². The number of aromatic amines is 1. The second kappa shape index (κ2) is 8.32. The molecule has 1 aliphatic rings. The summed E-state index contributed by atoms with van der Waals surface area (Å²) < 4.78 is 24.9. The molecular weight excluding hydrogens is 391 g/mol. The number of carbonyl (C=O) groups is 2. The lowest BCUT2D eigenvalue weighted by atomic mass is 10.0. The molecule has 1 unspecified atom stereocenters. The normalized spacial score (nSPS) is 15.9. The summed E-state index contributed by atoms with van der Waals surface area (Å²) in [5.41, 5.74) is 2.53. The van der Waals surface area contributed by atoms with Gasteiger partial charge in [0.1, 0.15) is 11.9 Å². The van der Waals surface area contributed by atoms with E-state index >= 15 is 0 Å². The standard InChI is InChI=1S/C21H19FN4O4/c1-29-19(27)8-6-14-12-26(21(28)30-14)13-5-7-15(17(22)10-13)20-16(11-24-25-20)18-4-2-3-9-23-18/h2-5,7,9-11,14H,6,8,12H2,1H3,(H,24,25). The average Bonchev–Trinajstić information content (AvgIpc) is 3.39. The SMILES string of the molecule is COC(=O)CCC1CN(c2ccc(-c3[nH]ncc3-c3ccccn3)c(F)c2)C(=O)O1. The van der Waals surface area contributed by atoms with Crippen molar-refractivity contribution < 1.29 is 23.5 Å². The van der Waals surface area contributed by atoms with Crippen LogP contribution in [0.5, 0.6) is 0 Å². The van der Waals surface area contributed by atoms with Crippen molar-refractivity contribution in [1.29, 1.82) is 0 Å². The average molecular weight is 410 g/mol. The van der Waals surface area contributed by atoms with Gasteiger partial charge < -0.3 is 9.47 Å². The first kappa shape index (κ1) is 19.6. The van der Waals surface area contributed by atoms with Crippen LogP contribution in [-0.4, -0.2) is 47.0 Å². The molecule has 0 spiro atoms. The van der Waals surface area contributed by atoms with Gasteiger partial charge in [-0.1, -0.05) is 6.07 Å². The molecule has 1 aromatic carbocycles. The number of cyclic esters (lactones) is 1. The summed E-state index contributed by atoms with van der Waals surface area (Å²) in [5.74, 6) is -0.886. The van der Waals surface area contributed by atoms with Crippen LogP contribution in [-0.2, 0) is 14.3 Å². The molecule has 30 heavy (non-hydrogen) atoms. The Bertz CT molecular complexity index is 1070. The Morgan fingerprint density at radius 2 is 2.20 bits per heavy atom. The van der Waals surface area contributed by atoms with Gasteiger partial charge in [-0.25, -0.2) is 9.18 Å². The third-order valence-corrected chi connectivity index (χ3v) is 4.89. The van der Waals surface area contributed by atoms with Crippen LogP contribution in [0.2, 0.25) is 0 Å². The number of carbonyl (C=O) groups excluding carboxylic acids is 2. The molecule has 9 heteroatoms. The third kappa shape index (κ3) is 3.86. The van der Waals surface area contributed by atoms with Crippen LogP contribution in [0.15, 0.2) is 48.8 Å². The quantitative estimate of drug-likeness (QED) is 0.624. The van der Waals surface area contributed by atoms with E-state index in [-0.39, 0.29) is 18.9 Å². The predicted octanol–water partition coefficient (Wildman–Crippen LogP) is 3.56. The molecule has 3 aromatic rings. The first-order valence-corrected chi connectivity index (χ1v) is 9.36. The Morgan fingerprint density at radius 1 is 1.33 bits per heavy atom. The minimum absolute atomic E-state index is 0.145. The number of nitrogens with one attached hydrogen (secondary N) is 1. The molecule has 1 atom stereocenters. The van der Waals surface area contributed by atoms with Gasteiger partial charge in [0, 0.05) is 23.7 Å². The lowest BCUT2D eigenvalue weighted by molar-refractivity contribution is -0.141. The zero-order valence-electron chi connectivity index (χ0n) is 16.2. The summed E-state index contributed by atoms with van der Waals surface area (Å²) in [4.78, 5) is 29.1. The van der Waals surface area contributed by atoms with E-state index < -0.39 is 18.0 Å². The number of halogens is 1. The second-order valence-electron chi connectivity index (χ2n) is 6.77. The number of aromatic nitrogens is 3. The van der Waals surface area contributed by atoms with Crippen LogP contribution in [0.3, 0.4) is 0 Å². The number of rotatable bonds is 6. The van der Waals surface area contributed by atoms with E-state index in [1.165, 1.54) is 18.1 Å². The molecule has 8 nitrogen and oxygen atoms in total. The molecule has 1 fully saturated rings. The summed E-state index contributed by atoms with van der Waals surface area (Å²) in [5, 5.41) is 6.85. The van der Waals surface area contributed by atoms with Crippen molar-refractivity contribution in [1.82, 2.24) is 15.2 Å². The van der Waals surface area contributed by atoms with Gasteiger partial charge in [0.2, 0.25) is 0 Å². The Hall–Kier alpha value is -3.75. The molecule has 1 saturated heterocycles. The molecule has 2 aromatic heterocycles. The monoisotopic (exact) mass is 410 g/mol. The highest BCUT2D eigenvalue weighted by molar-refractivity contribution is 5.90. The number of H-pyrrole nitrogens is 1. The summed E-state index contributed by atoms with van der Waals surface area (Å²) in [6.07, 6.45) is 2.70. The smallest absolute Gasteiger partial charge is 0.414 e. The van der Waals surface area contributed by atoms with Crippen molar-refractivity contribution in [2.24, 2.45) is 0 Å². The van der Waals surface area contributed by atoms with Crippen molar-refractivity contribution in [3.8, 4) is 22.5 Å². The first-order valence-electron chi connectivity index (χ1n) is 9.36. The minimum Gasteiger partial charge on any atom is -0.469 e. The molecule has 4 rings (SSSR count). The number of methoxy groups -OCH3 is 1. The summed E-state index contributed by atoms with van der Waals surface area (Å²) in [6, 6.07) is 9.96. The summed E-state index contributed by atoms with van der Waals surface area (Å²) in [7, 11) is 1.30. The number of pyridine rings is 1. The molecule has 3 heterocycles. The van der Waals surface area contributed by atoms with E-state index in [0.29, 0.717) is 34.6 Å². The van der Waals surface area contributed by atoms with Crippen molar-refractivity contribution >= 4 is 17.7 Å².